The lowest BCUT2D eigenvalue weighted by Gasteiger charge is -2.31. The molecule has 0 amide bonds. The van der Waals surface area contributed by atoms with Crippen LogP contribution in [-0.2, 0) is 31.4 Å². The summed E-state index contributed by atoms with van der Waals surface area (Å²) in [7, 11) is 1.97. The van der Waals surface area contributed by atoms with E-state index in [-0.39, 0.29) is 0 Å². The van der Waals surface area contributed by atoms with Gasteiger partial charge in [0.05, 0.1) is 18.5 Å². The first-order valence-electron chi connectivity index (χ1n) is 9.05. The molecule has 1 fully saturated rings. The number of ether oxygens (including phenoxy) is 1. The van der Waals surface area contributed by atoms with Crippen LogP contribution >= 0.6 is 0 Å². The van der Waals surface area contributed by atoms with Gasteiger partial charge in [0.1, 0.15) is 0 Å². The summed E-state index contributed by atoms with van der Waals surface area (Å²) in [5.41, 5.74) is 3.89. The lowest BCUT2D eigenvalue weighted by molar-refractivity contribution is 0.104. The van der Waals surface area contributed by atoms with Gasteiger partial charge in [-0.15, -0.1) is 0 Å². The maximum atomic E-state index is 5.74. The Bertz CT molecular complexity index is 687. The molecule has 0 radical (unpaired) electrons. The molecule has 0 unspecified atom stereocenters. The van der Waals surface area contributed by atoms with Gasteiger partial charge in [-0.25, -0.2) is 0 Å². The third kappa shape index (κ3) is 3.54. The first-order valence-corrected chi connectivity index (χ1v) is 9.05. The van der Waals surface area contributed by atoms with Gasteiger partial charge in [0.25, 0.3) is 0 Å². The van der Waals surface area contributed by atoms with Crippen LogP contribution in [0.1, 0.15) is 42.5 Å². The molecular formula is C18H27N5O. The molecule has 4 rings (SSSR count). The maximum Gasteiger partial charge on any atom is 0.0736 e. The van der Waals surface area contributed by atoms with Crippen molar-refractivity contribution >= 4 is 0 Å². The van der Waals surface area contributed by atoms with Gasteiger partial charge in [0, 0.05) is 69.3 Å². The maximum absolute atomic E-state index is 5.74. The van der Waals surface area contributed by atoms with E-state index in [9.17, 15) is 0 Å². The number of aromatic nitrogens is 4. The minimum Gasteiger partial charge on any atom is -0.381 e. The summed E-state index contributed by atoms with van der Waals surface area (Å²) in [6, 6.07) is 0. The average molecular weight is 329 g/mol. The Balaban J connectivity index is 1.51. The van der Waals surface area contributed by atoms with E-state index in [1.165, 1.54) is 29.7 Å². The Labute approximate surface area is 143 Å². The summed E-state index contributed by atoms with van der Waals surface area (Å²) >= 11 is 0. The molecule has 0 N–H and O–H groups in total. The van der Waals surface area contributed by atoms with Crippen LogP contribution in [0, 0.1) is 5.92 Å². The molecule has 6 heteroatoms. The summed E-state index contributed by atoms with van der Waals surface area (Å²) < 4.78 is 9.79. The predicted molar refractivity (Wildman–Crippen MR) is 91.5 cm³/mol. The van der Waals surface area contributed by atoms with Crippen molar-refractivity contribution in [3.63, 3.8) is 0 Å². The molecule has 1 saturated carbocycles. The monoisotopic (exact) mass is 329 g/mol. The molecule has 1 atom stereocenters. The lowest BCUT2D eigenvalue weighted by Crippen LogP contribution is -2.34. The van der Waals surface area contributed by atoms with Gasteiger partial charge in [-0.3, -0.25) is 14.3 Å². The van der Waals surface area contributed by atoms with E-state index < -0.39 is 0 Å². The van der Waals surface area contributed by atoms with Gasteiger partial charge < -0.3 is 4.74 Å². The first kappa shape index (κ1) is 15.8. The molecule has 1 aliphatic carbocycles. The summed E-state index contributed by atoms with van der Waals surface area (Å²) in [4.78, 5) is 2.49. The number of nitrogens with zero attached hydrogens (tertiary/aromatic N) is 5. The van der Waals surface area contributed by atoms with Crippen LogP contribution in [0.25, 0.3) is 0 Å². The molecule has 0 aromatic carbocycles. The van der Waals surface area contributed by atoms with Crippen molar-refractivity contribution in [1.29, 1.82) is 0 Å². The van der Waals surface area contributed by atoms with E-state index >= 15 is 0 Å². The van der Waals surface area contributed by atoms with Crippen LogP contribution in [0.3, 0.4) is 0 Å². The number of hydrogen-bond acceptors (Lipinski definition) is 4. The smallest absolute Gasteiger partial charge is 0.0736 e. The Kier molecular flexibility index (Phi) is 4.41. The summed E-state index contributed by atoms with van der Waals surface area (Å²) in [6.07, 6.45) is 9.05. The van der Waals surface area contributed by atoms with Crippen molar-refractivity contribution in [2.75, 3.05) is 19.8 Å². The third-order valence-electron chi connectivity index (χ3n) is 4.96. The van der Waals surface area contributed by atoms with Gasteiger partial charge in [-0.05, 0) is 25.7 Å². The molecular weight excluding hydrogens is 302 g/mol. The number of rotatable bonds is 7. The highest BCUT2D eigenvalue weighted by atomic mass is 16.5. The van der Waals surface area contributed by atoms with Crippen LogP contribution in [-0.4, -0.2) is 44.2 Å². The average Bonchev–Trinajstić information content (AvgIpc) is 3.13. The van der Waals surface area contributed by atoms with E-state index in [0.29, 0.717) is 5.92 Å². The van der Waals surface area contributed by atoms with Crippen molar-refractivity contribution < 1.29 is 4.74 Å². The van der Waals surface area contributed by atoms with Crippen molar-refractivity contribution in [3.8, 4) is 0 Å². The van der Waals surface area contributed by atoms with E-state index in [1.807, 2.05) is 17.9 Å². The highest BCUT2D eigenvalue weighted by Gasteiger charge is 2.30. The minimum absolute atomic E-state index is 0.367. The second-order valence-electron chi connectivity index (χ2n) is 7.25. The van der Waals surface area contributed by atoms with E-state index in [4.69, 9.17) is 9.84 Å². The van der Waals surface area contributed by atoms with Crippen LogP contribution in [0.2, 0.25) is 0 Å². The van der Waals surface area contributed by atoms with E-state index in [1.54, 1.807) is 0 Å². The molecule has 3 heterocycles. The normalized spacial score (nSPS) is 21.2. The summed E-state index contributed by atoms with van der Waals surface area (Å²) in [5, 5.41) is 9.19. The Hall–Kier alpha value is -1.66. The molecule has 0 bridgehead atoms. The SMILES string of the molecule is CCOC[C@H]1CN(Cc2cnn(C)c2)Cc2cn(CC3CC3)nc21. The Morgan fingerprint density at radius 3 is 2.88 bits per heavy atom. The molecule has 2 aliphatic rings. The Morgan fingerprint density at radius 1 is 1.29 bits per heavy atom. The topological polar surface area (TPSA) is 48.1 Å². The van der Waals surface area contributed by atoms with E-state index in [2.05, 4.69) is 34.0 Å². The fraction of sp³-hybridized carbons (Fsp3) is 0.667. The van der Waals surface area contributed by atoms with Crippen molar-refractivity contribution in [2.24, 2.45) is 13.0 Å². The van der Waals surface area contributed by atoms with Gasteiger partial charge >= 0.3 is 0 Å². The van der Waals surface area contributed by atoms with Crippen LogP contribution < -0.4 is 0 Å². The van der Waals surface area contributed by atoms with Crippen molar-refractivity contribution in [3.05, 3.63) is 35.4 Å². The Morgan fingerprint density at radius 2 is 2.17 bits per heavy atom. The summed E-state index contributed by atoms with van der Waals surface area (Å²) in [5.74, 6) is 1.22. The minimum atomic E-state index is 0.367. The zero-order valence-corrected chi connectivity index (χ0v) is 14.7. The summed E-state index contributed by atoms with van der Waals surface area (Å²) in [6.45, 7) is 7.56. The first-order chi connectivity index (χ1) is 11.7. The van der Waals surface area contributed by atoms with Gasteiger partial charge in [-0.1, -0.05) is 0 Å². The molecule has 24 heavy (non-hydrogen) atoms. The zero-order valence-electron chi connectivity index (χ0n) is 14.7. The lowest BCUT2D eigenvalue weighted by atomic mass is 9.97. The molecule has 130 valence electrons. The van der Waals surface area contributed by atoms with Crippen LogP contribution in [0.5, 0.6) is 0 Å². The van der Waals surface area contributed by atoms with Crippen molar-refractivity contribution in [2.45, 2.75) is 45.3 Å². The van der Waals surface area contributed by atoms with Crippen molar-refractivity contribution in [1.82, 2.24) is 24.5 Å². The second-order valence-corrected chi connectivity index (χ2v) is 7.25. The molecule has 1 aliphatic heterocycles. The van der Waals surface area contributed by atoms with Gasteiger partial charge in [0.2, 0.25) is 0 Å². The quantitative estimate of drug-likeness (QED) is 0.781. The molecule has 2 aromatic heterocycles. The fourth-order valence-corrected chi connectivity index (χ4v) is 3.63. The number of hydrogen-bond donors (Lipinski definition) is 0. The van der Waals surface area contributed by atoms with E-state index in [0.717, 1.165) is 45.3 Å². The standard InChI is InChI=1S/C18H27N5O/c1-3-24-13-17-11-22(8-15-6-19-21(2)7-15)10-16-12-23(20-18(16)17)9-14-4-5-14/h6-7,12,14,17H,3-5,8-11,13H2,1-2H3/t17-/m1/s1. The molecule has 0 spiro atoms. The van der Waals surface area contributed by atoms with Gasteiger partial charge in [-0.2, -0.15) is 10.2 Å². The molecule has 6 nitrogen and oxygen atoms in total. The van der Waals surface area contributed by atoms with Crippen LogP contribution in [0.4, 0.5) is 0 Å². The highest BCUT2D eigenvalue weighted by molar-refractivity contribution is 5.25. The molecule has 0 saturated heterocycles. The molecule has 2 aromatic rings. The second kappa shape index (κ2) is 6.69. The zero-order chi connectivity index (χ0) is 16.5. The highest BCUT2D eigenvalue weighted by Crippen LogP contribution is 2.33. The van der Waals surface area contributed by atoms with Gasteiger partial charge in [0.15, 0.2) is 0 Å². The number of aryl methyl sites for hydroxylation is 1. The number of fused-ring (bicyclic) bond motifs is 1. The fourth-order valence-electron chi connectivity index (χ4n) is 3.63. The third-order valence-corrected chi connectivity index (χ3v) is 4.96. The predicted octanol–water partition coefficient (Wildman–Crippen LogP) is 2.16. The van der Waals surface area contributed by atoms with Crippen LogP contribution in [0.15, 0.2) is 18.6 Å². The largest absolute Gasteiger partial charge is 0.381 e.